The molecule has 0 radical (unpaired) electrons. The van der Waals surface area contributed by atoms with Gasteiger partial charge in [0.1, 0.15) is 0 Å². The van der Waals surface area contributed by atoms with Gasteiger partial charge >= 0.3 is 5.69 Å². The summed E-state index contributed by atoms with van der Waals surface area (Å²) in [5, 5.41) is 0. The average molecular weight is 325 g/mol. The minimum absolute atomic E-state index is 0.154. The molecule has 1 fully saturated rings. The third-order valence-corrected chi connectivity index (χ3v) is 5.97. The van der Waals surface area contributed by atoms with Crippen LogP contribution in [0.2, 0.25) is 0 Å². The highest BCUT2D eigenvalue weighted by atomic mass is 32.2. The van der Waals surface area contributed by atoms with Crippen LogP contribution in [-0.2, 0) is 14.8 Å². The monoisotopic (exact) mass is 325 g/mol. The number of hydrogen-bond donors (Lipinski definition) is 2. The molecule has 2 N–H and O–H groups in total. The maximum atomic E-state index is 13.0. The molecule has 0 amide bonds. The molecule has 8 heteroatoms. The van der Waals surface area contributed by atoms with Crippen LogP contribution in [0.25, 0.3) is 11.0 Å². The molecule has 120 valence electrons. The van der Waals surface area contributed by atoms with E-state index >= 15 is 0 Å². The molecule has 0 aliphatic carbocycles. The van der Waals surface area contributed by atoms with Gasteiger partial charge in [0.2, 0.25) is 10.0 Å². The number of aromatic nitrogens is 2. The van der Waals surface area contributed by atoms with Crippen LogP contribution in [0, 0.1) is 0 Å². The van der Waals surface area contributed by atoms with E-state index in [1.165, 1.54) is 16.4 Å². The first-order valence-electron chi connectivity index (χ1n) is 7.07. The minimum atomic E-state index is -3.67. The van der Waals surface area contributed by atoms with Crippen molar-refractivity contribution in [1.82, 2.24) is 14.3 Å². The lowest BCUT2D eigenvalue weighted by Gasteiger charge is -2.43. The van der Waals surface area contributed by atoms with E-state index < -0.39 is 15.6 Å². The summed E-state index contributed by atoms with van der Waals surface area (Å²) in [5.41, 5.74) is 0.0832. The molecule has 1 aromatic carbocycles. The van der Waals surface area contributed by atoms with Crippen LogP contribution in [0.5, 0.6) is 0 Å². The summed E-state index contributed by atoms with van der Waals surface area (Å²) in [7, 11) is -3.67. The van der Waals surface area contributed by atoms with Crippen molar-refractivity contribution < 1.29 is 13.2 Å². The number of benzene rings is 1. The highest BCUT2D eigenvalue weighted by Gasteiger charge is 2.41. The number of rotatable bonds is 2. The van der Waals surface area contributed by atoms with E-state index in [9.17, 15) is 13.2 Å². The fourth-order valence-electron chi connectivity index (χ4n) is 2.67. The fraction of sp³-hybridized carbons (Fsp3) is 0.500. The predicted octanol–water partition coefficient (Wildman–Crippen LogP) is 1.04. The van der Waals surface area contributed by atoms with E-state index in [0.717, 1.165) is 0 Å². The maximum absolute atomic E-state index is 13.0. The van der Waals surface area contributed by atoms with Crippen molar-refractivity contribution in [2.75, 3.05) is 13.2 Å². The topological polar surface area (TPSA) is 95.3 Å². The molecular formula is C14H19N3O4S. The van der Waals surface area contributed by atoms with E-state index in [1.54, 1.807) is 6.07 Å². The Morgan fingerprint density at radius 1 is 1.27 bits per heavy atom. The summed E-state index contributed by atoms with van der Waals surface area (Å²) in [6.45, 7) is 6.18. The molecule has 0 spiro atoms. The average Bonchev–Trinajstić information content (AvgIpc) is 2.80. The molecule has 1 aromatic heterocycles. The summed E-state index contributed by atoms with van der Waals surface area (Å²) >= 11 is 0. The van der Waals surface area contributed by atoms with Gasteiger partial charge in [0.25, 0.3) is 0 Å². The Balaban J connectivity index is 2.08. The SMILES string of the molecule is CC1CN(S(=O)(=O)c2ccc3[nH]c(=O)[nH]c3c2)C(C)(C)CO1. The maximum Gasteiger partial charge on any atom is 0.323 e. The van der Waals surface area contributed by atoms with Gasteiger partial charge in [0.05, 0.1) is 34.2 Å². The van der Waals surface area contributed by atoms with Crippen LogP contribution in [0.4, 0.5) is 0 Å². The molecule has 3 rings (SSSR count). The Hall–Kier alpha value is -1.64. The normalized spacial score (nSPS) is 23.0. The number of fused-ring (bicyclic) bond motifs is 1. The zero-order valence-electron chi connectivity index (χ0n) is 12.7. The molecule has 0 saturated carbocycles. The Morgan fingerprint density at radius 3 is 2.68 bits per heavy atom. The first kappa shape index (κ1) is 15.3. The highest BCUT2D eigenvalue weighted by molar-refractivity contribution is 7.89. The summed E-state index contributed by atoms with van der Waals surface area (Å²) in [4.78, 5) is 16.7. The Labute approximate surface area is 128 Å². The van der Waals surface area contributed by atoms with Gasteiger partial charge < -0.3 is 14.7 Å². The molecule has 2 aromatic rings. The summed E-state index contributed by atoms with van der Waals surface area (Å²) in [5.74, 6) is 0. The lowest BCUT2D eigenvalue weighted by atomic mass is 10.1. The molecule has 1 unspecified atom stereocenters. The van der Waals surface area contributed by atoms with Gasteiger partial charge in [-0.2, -0.15) is 4.31 Å². The Bertz CT molecular complexity index is 866. The first-order chi connectivity index (χ1) is 10.2. The Morgan fingerprint density at radius 2 is 1.95 bits per heavy atom. The standard InChI is InChI=1S/C14H19N3O4S/c1-9-7-17(14(2,3)8-21-9)22(19,20)10-4-5-11-12(6-10)16-13(18)15-11/h4-6,9H,7-8H2,1-3H3,(H2,15,16,18). The summed E-state index contributed by atoms with van der Waals surface area (Å²) in [6, 6.07) is 4.59. The van der Waals surface area contributed by atoms with Gasteiger partial charge in [-0.25, -0.2) is 13.2 Å². The zero-order valence-corrected chi connectivity index (χ0v) is 13.5. The van der Waals surface area contributed by atoms with Crippen LogP contribution < -0.4 is 5.69 Å². The predicted molar refractivity (Wildman–Crippen MR) is 82.3 cm³/mol. The molecule has 1 aliphatic heterocycles. The van der Waals surface area contributed by atoms with E-state index in [2.05, 4.69) is 9.97 Å². The zero-order chi connectivity index (χ0) is 16.1. The van der Waals surface area contributed by atoms with Crippen molar-refractivity contribution in [3.63, 3.8) is 0 Å². The van der Waals surface area contributed by atoms with Crippen molar-refractivity contribution in [3.8, 4) is 0 Å². The second-order valence-electron chi connectivity index (χ2n) is 6.26. The van der Waals surface area contributed by atoms with Gasteiger partial charge in [-0.15, -0.1) is 0 Å². The molecule has 2 heterocycles. The quantitative estimate of drug-likeness (QED) is 0.862. The van der Waals surface area contributed by atoms with Crippen LogP contribution in [0.1, 0.15) is 20.8 Å². The van der Waals surface area contributed by atoms with E-state index in [4.69, 9.17) is 4.74 Å². The van der Waals surface area contributed by atoms with Gasteiger partial charge in [-0.3, -0.25) is 0 Å². The third kappa shape index (κ3) is 2.47. The molecular weight excluding hydrogens is 306 g/mol. The number of nitrogens with one attached hydrogen (secondary N) is 2. The number of H-pyrrole nitrogens is 2. The number of morpholine rings is 1. The third-order valence-electron chi connectivity index (χ3n) is 3.89. The van der Waals surface area contributed by atoms with Crippen LogP contribution in [0.15, 0.2) is 27.9 Å². The van der Waals surface area contributed by atoms with Crippen LogP contribution in [0.3, 0.4) is 0 Å². The molecule has 1 atom stereocenters. The summed E-state index contributed by atoms with van der Waals surface area (Å²) in [6.07, 6.45) is -0.154. The van der Waals surface area contributed by atoms with Crippen LogP contribution >= 0.6 is 0 Å². The molecule has 7 nitrogen and oxygen atoms in total. The van der Waals surface area contributed by atoms with Gasteiger partial charge in [-0.1, -0.05) is 0 Å². The number of ether oxygens (including phenoxy) is 1. The van der Waals surface area contributed by atoms with Gasteiger partial charge in [-0.05, 0) is 39.0 Å². The van der Waals surface area contributed by atoms with Crippen molar-refractivity contribution in [3.05, 3.63) is 28.7 Å². The number of imidazole rings is 1. The van der Waals surface area contributed by atoms with Gasteiger partial charge in [0.15, 0.2) is 0 Å². The number of sulfonamides is 1. The largest absolute Gasteiger partial charge is 0.375 e. The smallest absolute Gasteiger partial charge is 0.323 e. The highest BCUT2D eigenvalue weighted by Crippen LogP contribution is 2.30. The molecule has 1 saturated heterocycles. The van der Waals surface area contributed by atoms with E-state index in [-0.39, 0.29) is 16.7 Å². The van der Waals surface area contributed by atoms with Crippen molar-refractivity contribution in [1.29, 1.82) is 0 Å². The number of nitrogens with zero attached hydrogens (tertiary/aromatic N) is 1. The van der Waals surface area contributed by atoms with Crippen molar-refractivity contribution in [2.45, 2.75) is 37.3 Å². The Kier molecular flexibility index (Phi) is 3.42. The molecule has 22 heavy (non-hydrogen) atoms. The number of hydrogen-bond acceptors (Lipinski definition) is 4. The lowest BCUT2D eigenvalue weighted by molar-refractivity contribution is -0.0551. The van der Waals surface area contributed by atoms with E-state index in [1.807, 2.05) is 20.8 Å². The second-order valence-corrected chi connectivity index (χ2v) is 8.12. The number of aromatic amines is 2. The van der Waals surface area contributed by atoms with E-state index in [0.29, 0.717) is 24.2 Å². The summed E-state index contributed by atoms with van der Waals surface area (Å²) < 4.78 is 33.0. The van der Waals surface area contributed by atoms with Gasteiger partial charge in [0, 0.05) is 6.54 Å². The van der Waals surface area contributed by atoms with Crippen molar-refractivity contribution in [2.24, 2.45) is 0 Å². The fourth-order valence-corrected chi connectivity index (χ4v) is 4.55. The molecule has 1 aliphatic rings. The van der Waals surface area contributed by atoms with Crippen LogP contribution in [-0.4, -0.2) is 47.5 Å². The first-order valence-corrected chi connectivity index (χ1v) is 8.51. The minimum Gasteiger partial charge on any atom is -0.375 e. The second kappa shape index (κ2) is 4.94. The van der Waals surface area contributed by atoms with Crippen molar-refractivity contribution >= 4 is 21.1 Å². The molecule has 0 bridgehead atoms. The lowest BCUT2D eigenvalue weighted by Crippen LogP contribution is -2.57.